The molecule has 1 spiro atoms. The highest BCUT2D eigenvalue weighted by atomic mass is 28.3. The summed E-state index contributed by atoms with van der Waals surface area (Å²) in [5, 5.41) is 11.1. The highest BCUT2D eigenvalue weighted by molar-refractivity contribution is 6.91. The van der Waals surface area contributed by atoms with Crippen LogP contribution in [0.15, 0.2) is 85.5 Å². The van der Waals surface area contributed by atoms with Crippen molar-refractivity contribution in [2.24, 2.45) is 5.92 Å². The van der Waals surface area contributed by atoms with Crippen LogP contribution in [0.5, 0.6) is 5.75 Å². The summed E-state index contributed by atoms with van der Waals surface area (Å²) in [7, 11) is -0.843. The zero-order valence-corrected chi connectivity index (χ0v) is 29.2. The van der Waals surface area contributed by atoms with Crippen molar-refractivity contribution in [3.8, 4) is 5.75 Å². The molecule has 3 aliphatic rings. The Hall–Kier alpha value is -4.25. The summed E-state index contributed by atoms with van der Waals surface area (Å²) in [5.74, 6) is 0.195. The first-order valence-corrected chi connectivity index (χ1v) is 19.8. The topological polar surface area (TPSA) is 99.6 Å². The van der Waals surface area contributed by atoms with Crippen LogP contribution >= 0.6 is 0 Å². The summed E-state index contributed by atoms with van der Waals surface area (Å²) in [6, 6.07) is 23.6. The van der Waals surface area contributed by atoms with Crippen LogP contribution in [-0.2, 0) is 31.3 Å². The summed E-state index contributed by atoms with van der Waals surface area (Å²) < 4.78 is 12.6. The Morgan fingerprint density at radius 3 is 2.46 bits per heavy atom. The fourth-order valence-corrected chi connectivity index (χ4v) is 12.1. The van der Waals surface area contributed by atoms with E-state index in [-0.39, 0.29) is 48.8 Å². The van der Waals surface area contributed by atoms with Crippen molar-refractivity contribution in [2.45, 2.75) is 56.7 Å². The quantitative estimate of drug-likeness (QED) is 0.172. The normalized spacial score (nSPS) is 23.3. The Labute approximate surface area is 283 Å². The molecule has 0 saturated carbocycles. The molecule has 3 aromatic rings. The summed E-state index contributed by atoms with van der Waals surface area (Å²) in [5.41, 5.74) is 1.69. The molecule has 6 rings (SSSR count). The number of aliphatic hydroxyl groups excluding tert-OH is 1. The number of carbonyl (C=O) groups excluding carboxylic acids is 3. The van der Waals surface area contributed by atoms with Gasteiger partial charge in [-0.2, -0.15) is 0 Å². The average molecular weight is 668 g/mol. The molecule has 0 bridgehead atoms. The van der Waals surface area contributed by atoms with E-state index >= 15 is 0 Å². The lowest BCUT2D eigenvalue weighted by atomic mass is 9.82. The molecule has 4 atom stereocenters. The molecule has 1 N–H and O–H groups in total. The molecule has 3 aliphatic heterocycles. The largest absolute Gasteiger partial charge is 0.497 e. The molecule has 0 unspecified atom stereocenters. The van der Waals surface area contributed by atoms with Crippen molar-refractivity contribution >= 4 is 42.4 Å². The molecule has 0 aromatic heterocycles. The molecule has 10 heteroatoms. The van der Waals surface area contributed by atoms with Crippen LogP contribution in [0, 0.1) is 5.92 Å². The lowest BCUT2D eigenvalue weighted by molar-refractivity contribution is -0.149. The molecule has 9 nitrogen and oxygen atoms in total. The first-order chi connectivity index (χ1) is 23.1. The Bertz CT molecular complexity index is 1700. The third-order valence-corrected chi connectivity index (χ3v) is 15.0. The maximum absolute atomic E-state index is 14.8. The van der Waals surface area contributed by atoms with E-state index in [1.165, 1.54) is 5.19 Å². The van der Waals surface area contributed by atoms with E-state index in [1.807, 2.05) is 60.7 Å². The van der Waals surface area contributed by atoms with E-state index in [1.54, 1.807) is 27.9 Å². The van der Waals surface area contributed by atoms with Gasteiger partial charge in [-0.15, -0.1) is 6.58 Å². The maximum atomic E-state index is 14.8. The van der Waals surface area contributed by atoms with E-state index in [9.17, 15) is 19.5 Å². The summed E-state index contributed by atoms with van der Waals surface area (Å²) in [6.45, 7) is 11.9. The number of benzene rings is 3. The highest BCUT2D eigenvalue weighted by Crippen LogP contribution is 2.60. The highest BCUT2D eigenvalue weighted by Gasteiger charge is 2.66. The van der Waals surface area contributed by atoms with Gasteiger partial charge in [-0.3, -0.25) is 14.4 Å². The fraction of sp³-hybridized carbons (Fsp3) is 0.395. The number of nitrogens with zero attached hydrogens (tertiary/aromatic N) is 3. The van der Waals surface area contributed by atoms with E-state index in [4.69, 9.17) is 9.47 Å². The third-order valence-electron chi connectivity index (χ3n) is 10.6. The van der Waals surface area contributed by atoms with Crippen molar-refractivity contribution in [2.75, 3.05) is 43.2 Å². The molecule has 48 heavy (non-hydrogen) atoms. The minimum Gasteiger partial charge on any atom is -0.497 e. The number of hydrogen-bond acceptors (Lipinski definition) is 6. The van der Waals surface area contributed by atoms with Crippen molar-refractivity contribution in [3.63, 3.8) is 0 Å². The molecule has 252 valence electrons. The van der Waals surface area contributed by atoms with E-state index in [2.05, 4.69) is 38.7 Å². The molecular weight excluding hydrogens is 623 g/mol. The van der Waals surface area contributed by atoms with Crippen molar-refractivity contribution in [3.05, 3.63) is 96.6 Å². The van der Waals surface area contributed by atoms with Gasteiger partial charge in [-0.05, 0) is 41.4 Å². The molecule has 3 heterocycles. The summed E-state index contributed by atoms with van der Waals surface area (Å²) in [6.07, 6.45) is 1.68. The lowest BCUT2D eigenvalue weighted by Gasteiger charge is -2.37. The van der Waals surface area contributed by atoms with Crippen LogP contribution in [0.25, 0.3) is 0 Å². The van der Waals surface area contributed by atoms with Gasteiger partial charge in [0.25, 0.3) is 5.91 Å². The van der Waals surface area contributed by atoms with Gasteiger partial charge in [0.15, 0.2) is 5.60 Å². The molecule has 2 fully saturated rings. The van der Waals surface area contributed by atoms with Gasteiger partial charge >= 0.3 is 0 Å². The first-order valence-electron chi connectivity index (χ1n) is 16.7. The average Bonchev–Trinajstić information content (AvgIpc) is 3.50. The summed E-state index contributed by atoms with van der Waals surface area (Å²) >= 11 is 0. The van der Waals surface area contributed by atoms with E-state index < -0.39 is 19.8 Å². The number of methoxy groups -OCH3 is 1. The number of rotatable bonds is 12. The van der Waals surface area contributed by atoms with Gasteiger partial charge in [-0.1, -0.05) is 73.7 Å². The van der Waals surface area contributed by atoms with Crippen LogP contribution in [0.2, 0.25) is 18.6 Å². The second kappa shape index (κ2) is 13.3. The van der Waals surface area contributed by atoms with Crippen LogP contribution in [-0.4, -0.2) is 75.3 Å². The Morgan fingerprint density at radius 1 is 1.12 bits per heavy atom. The number of fused-ring (bicyclic) bond motifs is 2. The Balaban J connectivity index is 1.44. The number of ether oxygens (including phenoxy) is 2. The second-order valence-corrected chi connectivity index (χ2v) is 18.3. The molecule has 2 saturated heterocycles. The Kier molecular flexibility index (Phi) is 9.35. The number of amides is 3. The lowest BCUT2D eigenvalue weighted by Crippen LogP contribution is -2.52. The molecular formula is C38H45N3O6Si. The molecule has 0 aliphatic carbocycles. The Morgan fingerprint density at radius 2 is 1.85 bits per heavy atom. The SMILES string of the molecule is C=CCN1C(=O)[C@]2(O[C@H](CC(=O)N(CCO)Cc3ccccc3)[C@@H]([Si](C)(C)c3ccc(OC)cc3)[C@@H]2C)c2cc(N3CCC3=O)ccc21. The number of carbonyl (C=O) groups is 3. The third kappa shape index (κ3) is 5.65. The monoisotopic (exact) mass is 667 g/mol. The molecule has 3 aromatic carbocycles. The van der Waals surface area contributed by atoms with Gasteiger partial charge in [0.05, 0.1) is 40.0 Å². The molecule has 3 amide bonds. The predicted octanol–water partition coefficient (Wildman–Crippen LogP) is 4.59. The van der Waals surface area contributed by atoms with Crippen molar-refractivity contribution in [1.82, 2.24) is 4.90 Å². The van der Waals surface area contributed by atoms with Crippen LogP contribution in [0.1, 0.15) is 30.9 Å². The zero-order chi connectivity index (χ0) is 34.2. The number of aliphatic hydroxyl groups is 1. The van der Waals surface area contributed by atoms with Crippen molar-refractivity contribution < 1.29 is 29.0 Å². The smallest absolute Gasteiger partial charge is 0.264 e. The second-order valence-electron chi connectivity index (χ2n) is 13.6. The van der Waals surface area contributed by atoms with Gasteiger partial charge in [-0.25, -0.2) is 0 Å². The summed E-state index contributed by atoms with van der Waals surface area (Å²) in [4.78, 5) is 46.6. The number of hydrogen-bond donors (Lipinski definition) is 1. The van der Waals surface area contributed by atoms with E-state index in [0.29, 0.717) is 26.1 Å². The standard InChI is InChI=1S/C38H45N3O6Si/c1-6-19-41-32-17-12-28(40-20-18-34(40)43)23-31(32)38(37(41)45)26(2)36(48(4,5)30-15-13-29(46-3)14-16-30)33(47-38)24-35(44)39(21-22-42)25-27-10-8-7-9-11-27/h6-17,23,26,33,36,42H,1,18-22,24-25H2,2-5H3/t26-,33+,36-,38+/m0/s1. The zero-order valence-electron chi connectivity index (χ0n) is 28.2. The first kappa shape index (κ1) is 33.6. The molecule has 0 radical (unpaired) electrons. The maximum Gasteiger partial charge on any atom is 0.264 e. The van der Waals surface area contributed by atoms with Gasteiger partial charge in [0.2, 0.25) is 11.8 Å². The number of anilines is 2. The van der Waals surface area contributed by atoms with Gasteiger partial charge in [0.1, 0.15) is 5.75 Å². The minimum atomic E-state index is -2.49. The van der Waals surface area contributed by atoms with Crippen LogP contribution < -0.4 is 19.7 Å². The van der Waals surface area contributed by atoms with Crippen LogP contribution in [0.4, 0.5) is 11.4 Å². The van der Waals surface area contributed by atoms with Gasteiger partial charge in [0, 0.05) is 49.8 Å². The van der Waals surface area contributed by atoms with Gasteiger partial charge < -0.3 is 29.3 Å². The fourth-order valence-electron chi connectivity index (χ4n) is 8.09. The van der Waals surface area contributed by atoms with Crippen molar-refractivity contribution in [1.29, 1.82) is 0 Å². The van der Waals surface area contributed by atoms with E-state index in [0.717, 1.165) is 28.3 Å². The minimum absolute atomic E-state index is 0.0495. The number of β-lactam (4-membered cyclic amide) rings is 1. The predicted molar refractivity (Wildman–Crippen MR) is 189 cm³/mol. The van der Waals surface area contributed by atoms with Crippen LogP contribution in [0.3, 0.4) is 0 Å².